The number of methoxy groups -OCH3 is 2. The molecule has 0 unspecified atom stereocenters. The van der Waals surface area contributed by atoms with E-state index in [-0.39, 0.29) is 0 Å². The van der Waals surface area contributed by atoms with Gasteiger partial charge in [0.15, 0.2) is 23.1 Å². The molecule has 0 fully saturated rings. The van der Waals surface area contributed by atoms with Crippen LogP contribution in [0.5, 0.6) is 11.5 Å². The molecule has 0 bridgehead atoms. The van der Waals surface area contributed by atoms with Gasteiger partial charge in [-0.05, 0) is 18.2 Å². The largest absolute Gasteiger partial charge is 0.493 e. The van der Waals surface area contributed by atoms with E-state index in [0.29, 0.717) is 34.2 Å². The Morgan fingerprint density at radius 2 is 1.90 bits per heavy atom. The molecule has 20 heavy (non-hydrogen) atoms. The summed E-state index contributed by atoms with van der Waals surface area (Å²) in [7, 11) is 3.17. The lowest BCUT2D eigenvalue weighted by atomic mass is 10.2. The maximum atomic E-state index is 5.89. The van der Waals surface area contributed by atoms with Crippen molar-refractivity contribution in [2.75, 3.05) is 20.0 Å². The SMILES string of the molecule is COc1ccc(-c2nc(N)c3[nH]ncc3n2)cc1OC. The van der Waals surface area contributed by atoms with Gasteiger partial charge in [-0.3, -0.25) is 5.10 Å². The number of nitrogen functional groups attached to an aromatic ring is 1. The van der Waals surface area contributed by atoms with E-state index in [4.69, 9.17) is 15.2 Å². The number of rotatable bonds is 3. The first kappa shape index (κ1) is 12.2. The Bertz CT molecular complexity index is 769. The zero-order valence-corrected chi connectivity index (χ0v) is 11.0. The summed E-state index contributed by atoms with van der Waals surface area (Å²) in [6.07, 6.45) is 1.61. The highest BCUT2D eigenvalue weighted by molar-refractivity contribution is 5.85. The third-order valence-electron chi connectivity index (χ3n) is 2.97. The van der Waals surface area contributed by atoms with Crippen LogP contribution >= 0.6 is 0 Å². The van der Waals surface area contributed by atoms with Crippen LogP contribution in [0.3, 0.4) is 0 Å². The molecule has 0 radical (unpaired) electrons. The van der Waals surface area contributed by atoms with Crippen LogP contribution in [0.15, 0.2) is 24.4 Å². The molecule has 3 aromatic rings. The van der Waals surface area contributed by atoms with Gasteiger partial charge in [-0.2, -0.15) is 5.10 Å². The molecule has 0 atom stereocenters. The van der Waals surface area contributed by atoms with E-state index in [0.717, 1.165) is 5.56 Å². The van der Waals surface area contributed by atoms with Crippen molar-refractivity contribution in [3.8, 4) is 22.9 Å². The molecule has 3 rings (SSSR count). The Morgan fingerprint density at radius 1 is 1.10 bits per heavy atom. The van der Waals surface area contributed by atoms with Crippen LogP contribution < -0.4 is 15.2 Å². The van der Waals surface area contributed by atoms with Gasteiger partial charge in [0.1, 0.15) is 11.0 Å². The van der Waals surface area contributed by atoms with E-state index in [1.165, 1.54) is 0 Å². The maximum absolute atomic E-state index is 5.89. The van der Waals surface area contributed by atoms with Crippen LogP contribution in [0, 0.1) is 0 Å². The van der Waals surface area contributed by atoms with Crippen molar-refractivity contribution in [3.05, 3.63) is 24.4 Å². The lowest BCUT2D eigenvalue weighted by molar-refractivity contribution is 0.355. The second-order valence-corrected chi connectivity index (χ2v) is 4.13. The highest BCUT2D eigenvalue weighted by Gasteiger charge is 2.11. The van der Waals surface area contributed by atoms with Gasteiger partial charge in [0, 0.05) is 5.56 Å². The molecule has 1 aromatic carbocycles. The summed E-state index contributed by atoms with van der Waals surface area (Å²) in [5.74, 6) is 2.13. The number of aromatic amines is 1. The molecule has 0 aliphatic carbocycles. The third kappa shape index (κ3) is 1.89. The first-order chi connectivity index (χ1) is 9.72. The Kier molecular flexibility index (Phi) is 2.86. The van der Waals surface area contributed by atoms with Crippen molar-refractivity contribution >= 4 is 16.9 Å². The fraction of sp³-hybridized carbons (Fsp3) is 0.154. The summed E-state index contributed by atoms with van der Waals surface area (Å²) >= 11 is 0. The van der Waals surface area contributed by atoms with E-state index >= 15 is 0 Å². The number of aromatic nitrogens is 4. The minimum absolute atomic E-state index is 0.359. The van der Waals surface area contributed by atoms with Gasteiger partial charge in [0.25, 0.3) is 0 Å². The standard InChI is InChI=1S/C13H13N5O2/c1-19-9-4-3-7(5-10(9)20-2)13-16-8-6-15-18-11(8)12(14)17-13/h3-6H,1-2H3,(H,15,18)(H2,14,16,17). The number of hydrogen-bond acceptors (Lipinski definition) is 6. The number of nitrogens with two attached hydrogens (primary N) is 1. The van der Waals surface area contributed by atoms with Crippen molar-refractivity contribution in [2.24, 2.45) is 0 Å². The normalized spacial score (nSPS) is 10.7. The van der Waals surface area contributed by atoms with Crippen LogP contribution in [-0.2, 0) is 0 Å². The predicted octanol–water partition coefficient (Wildman–Crippen LogP) is 1.62. The first-order valence-electron chi connectivity index (χ1n) is 5.92. The number of nitrogens with one attached hydrogen (secondary N) is 1. The maximum Gasteiger partial charge on any atom is 0.162 e. The second-order valence-electron chi connectivity index (χ2n) is 4.13. The molecular formula is C13H13N5O2. The average molecular weight is 271 g/mol. The molecule has 102 valence electrons. The van der Waals surface area contributed by atoms with E-state index in [1.807, 2.05) is 6.07 Å². The summed E-state index contributed by atoms with van der Waals surface area (Å²) in [6.45, 7) is 0. The molecule has 2 aromatic heterocycles. The quantitative estimate of drug-likeness (QED) is 0.751. The van der Waals surface area contributed by atoms with Crippen molar-refractivity contribution in [1.82, 2.24) is 20.2 Å². The van der Waals surface area contributed by atoms with Gasteiger partial charge >= 0.3 is 0 Å². The molecule has 7 nitrogen and oxygen atoms in total. The monoisotopic (exact) mass is 271 g/mol. The summed E-state index contributed by atoms with van der Waals surface area (Å²) in [5.41, 5.74) is 7.98. The van der Waals surface area contributed by atoms with E-state index in [1.54, 1.807) is 32.5 Å². The molecule has 2 heterocycles. The van der Waals surface area contributed by atoms with Gasteiger partial charge in [-0.1, -0.05) is 0 Å². The summed E-state index contributed by atoms with van der Waals surface area (Å²) in [6, 6.07) is 5.45. The van der Waals surface area contributed by atoms with E-state index in [9.17, 15) is 0 Å². The van der Waals surface area contributed by atoms with E-state index in [2.05, 4.69) is 20.2 Å². The highest BCUT2D eigenvalue weighted by atomic mass is 16.5. The Morgan fingerprint density at radius 3 is 2.65 bits per heavy atom. The van der Waals surface area contributed by atoms with Crippen molar-refractivity contribution in [3.63, 3.8) is 0 Å². The number of ether oxygens (including phenoxy) is 2. The lowest BCUT2D eigenvalue weighted by Gasteiger charge is -2.09. The molecule has 0 amide bonds. The number of anilines is 1. The van der Waals surface area contributed by atoms with Gasteiger partial charge in [-0.15, -0.1) is 0 Å². The molecule has 0 saturated carbocycles. The van der Waals surface area contributed by atoms with Crippen LogP contribution in [0.2, 0.25) is 0 Å². The number of H-pyrrole nitrogens is 1. The average Bonchev–Trinajstić information content (AvgIpc) is 2.95. The van der Waals surface area contributed by atoms with Gasteiger partial charge < -0.3 is 15.2 Å². The first-order valence-corrected chi connectivity index (χ1v) is 5.92. The fourth-order valence-electron chi connectivity index (χ4n) is 1.97. The van der Waals surface area contributed by atoms with Crippen molar-refractivity contribution in [1.29, 1.82) is 0 Å². The molecule has 0 spiro atoms. The minimum atomic E-state index is 0.359. The highest BCUT2D eigenvalue weighted by Crippen LogP contribution is 2.31. The Balaban J connectivity index is 2.14. The molecular weight excluding hydrogens is 258 g/mol. The molecule has 0 aliphatic heterocycles. The van der Waals surface area contributed by atoms with Gasteiger partial charge in [0.2, 0.25) is 0 Å². The smallest absolute Gasteiger partial charge is 0.162 e. The lowest BCUT2D eigenvalue weighted by Crippen LogP contribution is -1.98. The Hall–Kier alpha value is -2.83. The number of nitrogens with zero attached hydrogens (tertiary/aromatic N) is 3. The molecule has 3 N–H and O–H groups in total. The third-order valence-corrected chi connectivity index (χ3v) is 2.97. The number of benzene rings is 1. The molecule has 7 heteroatoms. The van der Waals surface area contributed by atoms with Gasteiger partial charge in [0.05, 0.1) is 20.4 Å². The Labute approximate surface area is 114 Å². The zero-order chi connectivity index (χ0) is 14.1. The van der Waals surface area contributed by atoms with Crippen LogP contribution in [-0.4, -0.2) is 34.4 Å². The van der Waals surface area contributed by atoms with E-state index < -0.39 is 0 Å². The minimum Gasteiger partial charge on any atom is -0.493 e. The van der Waals surface area contributed by atoms with Gasteiger partial charge in [-0.25, -0.2) is 9.97 Å². The summed E-state index contributed by atoms with van der Waals surface area (Å²) < 4.78 is 10.5. The molecule has 0 saturated heterocycles. The zero-order valence-electron chi connectivity index (χ0n) is 11.0. The molecule has 0 aliphatic rings. The number of fused-ring (bicyclic) bond motifs is 1. The number of hydrogen-bond donors (Lipinski definition) is 2. The van der Waals surface area contributed by atoms with Crippen LogP contribution in [0.1, 0.15) is 0 Å². The fourth-order valence-corrected chi connectivity index (χ4v) is 1.97. The summed E-state index contributed by atoms with van der Waals surface area (Å²) in [5, 5.41) is 6.67. The predicted molar refractivity (Wildman–Crippen MR) is 74.6 cm³/mol. The second kappa shape index (κ2) is 4.69. The topological polar surface area (TPSA) is 98.9 Å². The van der Waals surface area contributed by atoms with Crippen molar-refractivity contribution < 1.29 is 9.47 Å². The summed E-state index contributed by atoms with van der Waals surface area (Å²) in [4.78, 5) is 8.69. The van der Waals surface area contributed by atoms with Crippen molar-refractivity contribution in [2.45, 2.75) is 0 Å². The van der Waals surface area contributed by atoms with Crippen LogP contribution in [0.25, 0.3) is 22.4 Å². The van der Waals surface area contributed by atoms with Crippen LogP contribution in [0.4, 0.5) is 5.82 Å².